The minimum atomic E-state index is -0.00632. The van der Waals surface area contributed by atoms with Crippen LogP contribution in [0.15, 0.2) is 18.3 Å². The number of fused-ring (bicyclic) bond motifs is 3. The van der Waals surface area contributed by atoms with Gasteiger partial charge in [-0.2, -0.15) is 5.10 Å². The molecule has 0 spiro atoms. The van der Waals surface area contributed by atoms with E-state index in [0.29, 0.717) is 11.6 Å². The topological polar surface area (TPSA) is 72.7 Å². The Morgan fingerprint density at radius 3 is 2.82 bits per heavy atom. The maximum absolute atomic E-state index is 11.8. The standard InChI is InChI=1S/C21H25N5OS/c1-5-13(4)26-19-15(18(25-26)14-8-7-12(3)22-11-14)9-10-16-20(19)28-21(23-16)24-17(27)6-2/h7-8,11,13H,5-6,9-10H2,1-4H3,(H,23,24,27). The molecule has 4 rings (SSSR count). The van der Waals surface area contributed by atoms with Gasteiger partial charge in [-0.1, -0.05) is 25.2 Å². The normalized spacial score (nSPS) is 13.7. The van der Waals surface area contributed by atoms with E-state index in [4.69, 9.17) is 10.1 Å². The van der Waals surface area contributed by atoms with Crippen molar-refractivity contribution in [2.75, 3.05) is 5.32 Å². The molecule has 28 heavy (non-hydrogen) atoms. The van der Waals surface area contributed by atoms with E-state index < -0.39 is 0 Å². The van der Waals surface area contributed by atoms with Crippen LogP contribution in [0.4, 0.5) is 5.13 Å². The van der Waals surface area contributed by atoms with Gasteiger partial charge in [-0.05, 0) is 45.2 Å². The third-order valence-corrected chi connectivity index (χ3v) is 6.31. The van der Waals surface area contributed by atoms with Crippen LogP contribution in [0.3, 0.4) is 0 Å². The Labute approximate surface area is 169 Å². The second-order valence-electron chi connectivity index (χ2n) is 7.26. The summed E-state index contributed by atoms with van der Waals surface area (Å²) >= 11 is 1.56. The highest BCUT2D eigenvalue weighted by molar-refractivity contribution is 7.19. The molecule has 1 N–H and O–H groups in total. The fourth-order valence-electron chi connectivity index (χ4n) is 3.49. The van der Waals surface area contributed by atoms with Crippen LogP contribution in [-0.2, 0) is 17.6 Å². The lowest BCUT2D eigenvalue weighted by molar-refractivity contribution is -0.115. The van der Waals surface area contributed by atoms with E-state index in [1.807, 2.05) is 26.1 Å². The molecule has 146 valence electrons. The van der Waals surface area contributed by atoms with Gasteiger partial charge in [-0.3, -0.25) is 14.5 Å². The first-order valence-electron chi connectivity index (χ1n) is 9.86. The van der Waals surface area contributed by atoms with Crippen molar-refractivity contribution in [3.63, 3.8) is 0 Å². The monoisotopic (exact) mass is 395 g/mol. The molecule has 0 saturated heterocycles. The number of carbonyl (C=O) groups excluding carboxylic acids is 1. The minimum Gasteiger partial charge on any atom is -0.302 e. The van der Waals surface area contributed by atoms with Crippen molar-refractivity contribution >= 4 is 22.4 Å². The molecule has 1 aliphatic rings. The van der Waals surface area contributed by atoms with Crippen LogP contribution < -0.4 is 5.32 Å². The van der Waals surface area contributed by atoms with Crippen LogP contribution in [0.5, 0.6) is 0 Å². The van der Waals surface area contributed by atoms with Gasteiger partial charge in [0, 0.05) is 35.5 Å². The molecule has 3 heterocycles. The van der Waals surface area contributed by atoms with Crippen molar-refractivity contribution < 1.29 is 4.79 Å². The highest BCUT2D eigenvalue weighted by Gasteiger charge is 2.30. The van der Waals surface area contributed by atoms with Crippen LogP contribution in [0.25, 0.3) is 21.8 Å². The summed E-state index contributed by atoms with van der Waals surface area (Å²) < 4.78 is 2.14. The molecule has 0 fully saturated rings. The molecule has 1 aliphatic carbocycles. The van der Waals surface area contributed by atoms with Crippen molar-refractivity contribution in [3.8, 4) is 21.8 Å². The summed E-state index contributed by atoms with van der Waals surface area (Å²) in [5, 5.41) is 8.61. The first kappa shape index (κ1) is 18.8. The Hall–Kier alpha value is -2.54. The fraction of sp³-hybridized carbons (Fsp3) is 0.429. The number of amides is 1. The molecule has 0 saturated carbocycles. The fourth-order valence-corrected chi connectivity index (χ4v) is 4.58. The molecule has 1 amide bonds. The highest BCUT2D eigenvalue weighted by Crippen LogP contribution is 2.44. The zero-order chi connectivity index (χ0) is 19.8. The van der Waals surface area contributed by atoms with Crippen molar-refractivity contribution in [2.45, 2.75) is 59.4 Å². The third kappa shape index (κ3) is 3.24. The number of aryl methyl sites for hydroxylation is 2. The first-order chi connectivity index (χ1) is 13.5. The molecular formula is C21H25N5OS. The van der Waals surface area contributed by atoms with E-state index in [9.17, 15) is 4.79 Å². The van der Waals surface area contributed by atoms with E-state index in [1.54, 1.807) is 11.3 Å². The van der Waals surface area contributed by atoms with Gasteiger partial charge >= 0.3 is 0 Å². The first-order valence-corrected chi connectivity index (χ1v) is 10.7. The average Bonchev–Trinajstić information content (AvgIpc) is 3.28. The van der Waals surface area contributed by atoms with Crippen molar-refractivity contribution in [1.82, 2.24) is 19.7 Å². The smallest absolute Gasteiger partial charge is 0.225 e. The van der Waals surface area contributed by atoms with Crippen LogP contribution >= 0.6 is 11.3 Å². The molecule has 7 heteroatoms. The van der Waals surface area contributed by atoms with Gasteiger partial charge in [0.1, 0.15) is 0 Å². The van der Waals surface area contributed by atoms with Crippen LogP contribution in [0, 0.1) is 6.92 Å². The molecule has 1 unspecified atom stereocenters. The summed E-state index contributed by atoms with van der Waals surface area (Å²) in [7, 11) is 0. The number of rotatable bonds is 5. The summed E-state index contributed by atoms with van der Waals surface area (Å²) in [5.74, 6) is -0.00632. The lowest BCUT2D eigenvalue weighted by atomic mass is 9.95. The molecule has 0 radical (unpaired) electrons. The molecule has 0 aromatic carbocycles. The van der Waals surface area contributed by atoms with Crippen LogP contribution in [0.2, 0.25) is 0 Å². The largest absolute Gasteiger partial charge is 0.302 e. The summed E-state index contributed by atoms with van der Waals surface area (Å²) in [6, 6.07) is 4.41. The molecule has 3 aromatic rings. The van der Waals surface area contributed by atoms with Gasteiger partial charge in [0.2, 0.25) is 5.91 Å². The molecule has 1 atom stereocenters. The van der Waals surface area contributed by atoms with E-state index in [2.05, 4.69) is 34.9 Å². The van der Waals surface area contributed by atoms with E-state index in [-0.39, 0.29) is 11.9 Å². The average molecular weight is 396 g/mol. The Kier molecular flexibility index (Phi) is 5.02. The number of pyridine rings is 1. The Morgan fingerprint density at radius 2 is 2.14 bits per heavy atom. The number of nitrogens with one attached hydrogen (secondary N) is 1. The Bertz CT molecular complexity index is 1020. The molecule has 6 nitrogen and oxygen atoms in total. The molecule has 3 aromatic heterocycles. The molecule has 0 bridgehead atoms. The summed E-state index contributed by atoms with van der Waals surface area (Å²) in [4.78, 5) is 22.1. The number of hydrogen-bond donors (Lipinski definition) is 1. The summed E-state index contributed by atoms with van der Waals surface area (Å²) in [6.45, 7) is 8.21. The maximum atomic E-state index is 11.8. The minimum absolute atomic E-state index is 0.00632. The zero-order valence-corrected chi connectivity index (χ0v) is 17.6. The van der Waals surface area contributed by atoms with Crippen LogP contribution in [-0.4, -0.2) is 25.7 Å². The Balaban J connectivity index is 1.85. The predicted octanol–water partition coefficient (Wildman–Crippen LogP) is 4.80. The highest BCUT2D eigenvalue weighted by atomic mass is 32.1. The van der Waals surface area contributed by atoms with E-state index >= 15 is 0 Å². The third-order valence-electron chi connectivity index (χ3n) is 5.29. The quantitative estimate of drug-likeness (QED) is 0.674. The van der Waals surface area contributed by atoms with Gasteiger partial charge in [0.15, 0.2) is 5.13 Å². The lowest BCUT2D eigenvalue weighted by Crippen LogP contribution is -2.10. The SMILES string of the molecule is CCC(=O)Nc1nc2c(s1)-c1c(c(-c3ccc(C)nc3)nn1C(C)CC)CC2. The van der Waals surface area contributed by atoms with Crippen molar-refractivity contribution in [3.05, 3.63) is 35.3 Å². The number of hydrogen-bond acceptors (Lipinski definition) is 5. The van der Waals surface area contributed by atoms with E-state index in [0.717, 1.165) is 52.5 Å². The number of carbonyl (C=O) groups is 1. The molecular weight excluding hydrogens is 370 g/mol. The lowest BCUT2D eigenvalue weighted by Gasteiger charge is -2.17. The predicted molar refractivity (Wildman–Crippen MR) is 113 cm³/mol. The van der Waals surface area contributed by atoms with Crippen molar-refractivity contribution in [2.24, 2.45) is 0 Å². The number of nitrogens with zero attached hydrogens (tertiary/aromatic N) is 4. The second-order valence-corrected chi connectivity index (χ2v) is 8.26. The van der Waals surface area contributed by atoms with Gasteiger partial charge < -0.3 is 5.32 Å². The van der Waals surface area contributed by atoms with E-state index in [1.165, 1.54) is 5.56 Å². The van der Waals surface area contributed by atoms with Gasteiger partial charge in [0.25, 0.3) is 0 Å². The maximum Gasteiger partial charge on any atom is 0.225 e. The second kappa shape index (κ2) is 7.47. The number of thiazole rings is 1. The summed E-state index contributed by atoms with van der Waals surface area (Å²) in [5.41, 5.74) is 6.54. The number of aromatic nitrogens is 4. The van der Waals surface area contributed by atoms with Crippen molar-refractivity contribution in [1.29, 1.82) is 0 Å². The molecule has 0 aliphatic heterocycles. The summed E-state index contributed by atoms with van der Waals surface area (Å²) in [6.07, 6.45) is 5.11. The number of anilines is 1. The zero-order valence-electron chi connectivity index (χ0n) is 16.7. The van der Waals surface area contributed by atoms with Gasteiger partial charge in [0.05, 0.1) is 22.0 Å². The van der Waals surface area contributed by atoms with Gasteiger partial charge in [-0.25, -0.2) is 4.98 Å². The van der Waals surface area contributed by atoms with Crippen LogP contribution in [0.1, 0.15) is 56.6 Å². The van der Waals surface area contributed by atoms with Gasteiger partial charge in [-0.15, -0.1) is 0 Å². The Morgan fingerprint density at radius 1 is 1.32 bits per heavy atom.